The fourth-order valence-electron chi connectivity index (χ4n) is 3.62. The maximum Gasteiger partial charge on any atom is 0.250 e. The Kier molecular flexibility index (Phi) is 4.35. The molecule has 3 aromatic heterocycles. The molecule has 0 aliphatic heterocycles. The number of fused-ring (bicyclic) bond motifs is 2. The first kappa shape index (κ1) is 18.2. The van der Waals surface area contributed by atoms with Crippen molar-refractivity contribution in [1.82, 2.24) is 20.2 Å². The van der Waals surface area contributed by atoms with Crippen LogP contribution in [0, 0.1) is 11.8 Å². The van der Waals surface area contributed by atoms with Gasteiger partial charge in [0, 0.05) is 33.5 Å². The zero-order valence-electron chi connectivity index (χ0n) is 16.0. The van der Waals surface area contributed by atoms with E-state index in [-0.39, 0.29) is 5.56 Å². The maximum absolute atomic E-state index is 12.2. The standard InChI is InChI=1S/C24H15ClN4O/c1-2-6-15-11-21(30)27-24-19(15)12-18(22(28-24)14-7-4-3-5-8-14)16-9-17-13-26-29-23(17)20(25)10-16/h3-5,7-13H,1H3,(H,26,29)(H,27,28,30). The van der Waals surface area contributed by atoms with E-state index in [1.165, 1.54) is 6.07 Å². The largest absolute Gasteiger partial charge is 0.306 e. The monoisotopic (exact) mass is 410 g/mol. The molecule has 3 heterocycles. The Morgan fingerprint density at radius 1 is 1.03 bits per heavy atom. The van der Waals surface area contributed by atoms with Gasteiger partial charge in [0.15, 0.2) is 0 Å². The molecule has 0 fully saturated rings. The highest BCUT2D eigenvalue weighted by molar-refractivity contribution is 6.35. The summed E-state index contributed by atoms with van der Waals surface area (Å²) in [5, 5.41) is 9.28. The average molecular weight is 411 g/mol. The van der Waals surface area contributed by atoms with Gasteiger partial charge in [-0.05, 0) is 30.7 Å². The summed E-state index contributed by atoms with van der Waals surface area (Å²) in [6.45, 7) is 1.74. The number of H-pyrrole nitrogens is 2. The highest BCUT2D eigenvalue weighted by Gasteiger charge is 2.16. The molecule has 0 spiro atoms. The average Bonchev–Trinajstić information content (AvgIpc) is 3.23. The summed E-state index contributed by atoms with van der Waals surface area (Å²) in [6, 6.07) is 17.3. The van der Waals surface area contributed by atoms with Crippen molar-refractivity contribution in [3.8, 4) is 34.2 Å². The second-order valence-corrected chi connectivity index (χ2v) is 7.27. The van der Waals surface area contributed by atoms with Crippen molar-refractivity contribution in [2.75, 3.05) is 0 Å². The zero-order chi connectivity index (χ0) is 20.7. The Balaban J connectivity index is 1.90. The molecule has 5 rings (SSSR count). The Hall–Kier alpha value is -3.88. The van der Waals surface area contributed by atoms with Crippen molar-refractivity contribution < 1.29 is 0 Å². The minimum absolute atomic E-state index is 0.234. The van der Waals surface area contributed by atoms with E-state index in [2.05, 4.69) is 27.0 Å². The predicted octanol–water partition coefficient (Wildman–Crippen LogP) is 5.16. The van der Waals surface area contributed by atoms with Gasteiger partial charge in [-0.15, -0.1) is 5.92 Å². The third kappa shape index (κ3) is 3.04. The minimum atomic E-state index is -0.234. The molecule has 2 N–H and O–H groups in total. The van der Waals surface area contributed by atoms with Crippen LogP contribution in [0.25, 0.3) is 44.3 Å². The summed E-state index contributed by atoms with van der Waals surface area (Å²) in [4.78, 5) is 19.8. The van der Waals surface area contributed by atoms with Crippen LogP contribution in [0.4, 0.5) is 0 Å². The molecule has 0 saturated carbocycles. The van der Waals surface area contributed by atoms with Crippen LogP contribution in [-0.4, -0.2) is 20.2 Å². The third-order valence-electron chi connectivity index (χ3n) is 4.95. The van der Waals surface area contributed by atoms with E-state index >= 15 is 0 Å². The summed E-state index contributed by atoms with van der Waals surface area (Å²) < 4.78 is 0. The number of rotatable bonds is 2. The lowest BCUT2D eigenvalue weighted by atomic mass is 9.96. The number of halogens is 1. The molecule has 0 unspecified atom stereocenters. The molecule has 2 aromatic carbocycles. The Morgan fingerprint density at radius 3 is 2.67 bits per heavy atom. The van der Waals surface area contributed by atoms with Crippen molar-refractivity contribution in [3.05, 3.63) is 81.7 Å². The topological polar surface area (TPSA) is 74.4 Å². The molecule has 0 atom stereocenters. The summed E-state index contributed by atoms with van der Waals surface area (Å²) in [6.07, 6.45) is 1.74. The van der Waals surface area contributed by atoms with E-state index in [0.29, 0.717) is 16.2 Å². The molecule has 0 aliphatic rings. The fourth-order valence-corrected chi connectivity index (χ4v) is 3.89. The van der Waals surface area contributed by atoms with Gasteiger partial charge in [-0.1, -0.05) is 47.9 Å². The number of nitrogens with one attached hydrogen (secondary N) is 2. The van der Waals surface area contributed by atoms with Crippen molar-refractivity contribution in [1.29, 1.82) is 0 Å². The molecule has 144 valence electrons. The van der Waals surface area contributed by atoms with Gasteiger partial charge in [0.2, 0.25) is 0 Å². The molecular formula is C24H15ClN4O. The van der Waals surface area contributed by atoms with Crippen molar-refractivity contribution in [3.63, 3.8) is 0 Å². The van der Waals surface area contributed by atoms with E-state index < -0.39 is 0 Å². The molecule has 0 aliphatic carbocycles. The molecule has 0 amide bonds. The van der Waals surface area contributed by atoms with E-state index in [9.17, 15) is 4.79 Å². The molecule has 6 heteroatoms. The van der Waals surface area contributed by atoms with Crippen LogP contribution in [0.3, 0.4) is 0 Å². The summed E-state index contributed by atoms with van der Waals surface area (Å²) in [7, 11) is 0. The van der Waals surface area contributed by atoms with Crippen LogP contribution in [0.2, 0.25) is 5.02 Å². The molecule has 0 radical (unpaired) electrons. The van der Waals surface area contributed by atoms with Crippen molar-refractivity contribution in [2.45, 2.75) is 6.92 Å². The molecule has 0 saturated heterocycles. The highest BCUT2D eigenvalue weighted by Crippen LogP contribution is 2.36. The minimum Gasteiger partial charge on any atom is -0.306 e. The van der Waals surface area contributed by atoms with Crippen LogP contribution in [0.1, 0.15) is 12.5 Å². The summed E-state index contributed by atoms with van der Waals surface area (Å²) >= 11 is 6.51. The van der Waals surface area contributed by atoms with Gasteiger partial charge in [-0.25, -0.2) is 4.98 Å². The number of pyridine rings is 2. The van der Waals surface area contributed by atoms with Gasteiger partial charge in [-0.2, -0.15) is 5.10 Å². The Labute approximate surface area is 176 Å². The van der Waals surface area contributed by atoms with E-state index in [0.717, 1.165) is 38.7 Å². The van der Waals surface area contributed by atoms with Crippen molar-refractivity contribution >= 4 is 33.5 Å². The van der Waals surface area contributed by atoms with Crippen LogP contribution in [0.5, 0.6) is 0 Å². The quantitative estimate of drug-likeness (QED) is 0.395. The lowest BCUT2D eigenvalue weighted by Crippen LogP contribution is -2.07. The normalized spacial score (nSPS) is 10.9. The number of benzene rings is 2. The number of aromatic amines is 2. The summed E-state index contributed by atoms with van der Waals surface area (Å²) in [5.41, 5.74) is 5.18. The van der Waals surface area contributed by atoms with Crippen LogP contribution in [-0.2, 0) is 0 Å². The number of hydrogen-bond donors (Lipinski definition) is 2. The SMILES string of the molecule is CC#Cc1cc(=O)[nH]c2nc(-c3ccccc3)c(-c3cc(Cl)c4[nH]ncc4c3)cc12. The lowest BCUT2D eigenvalue weighted by Gasteiger charge is -2.13. The number of nitrogens with zero attached hydrogens (tertiary/aromatic N) is 2. The zero-order valence-corrected chi connectivity index (χ0v) is 16.7. The molecule has 30 heavy (non-hydrogen) atoms. The summed E-state index contributed by atoms with van der Waals surface area (Å²) in [5.74, 6) is 5.89. The fraction of sp³-hybridized carbons (Fsp3) is 0.0417. The number of hydrogen-bond acceptors (Lipinski definition) is 3. The predicted molar refractivity (Wildman–Crippen MR) is 120 cm³/mol. The van der Waals surface area contributed by atoms with Gasteiger partial charge in [0.05, 0.1) is 22.4 Å². The van der Waals surface area contributed by atoms with Gasteiger partial charge >= 0.3 is 0 Å². The van der Waals surface area contributed by atoms with Gasteiger partial charge in [0.25, 0.3) is 5.56 Å². The van der Waals surface area contributed by atoms with E-state index in [1.54, 1.807) is 13.1 Å². The molecule has 0 bridgehead atoms. The second-order valence-electron chi connectivity index (χ2n) is 6.86. The van der Waals surface area contributed by atoms with E-state index in [1.807, 2.05) is 48.5 Å². The van der Waals surface area contributed by atoms with Gasteiger partial charge in [-0.3, -0.25) is 9.89 Å². The van der Waals surface area contributed by atoms with E-state index in [4.69, 9.17) is 16.6 Å². The van der Waals surface area contributed by atoms with Crippen LogP contribution >= 0.6 is 11.6 Å². The maximum atomic E-state index is 12.2. The van der Waals surface area contributed by atoms with Crippen LogP contribution < -0.4 is 5.56 Å². The molecule has 5 nitrogen and oxygen atoms in total. The van der Waals surface area contributed by atoms with Gasteiger partial charge < -0.3 is 4.98 Å². The Bertz CT molecular complexity index is 1540. The third-order valence-corrected chi connectivity index (χ3v) is 5.25. The lowest BCUT2D eigenvalue weighted by molar-refractivity contribution is 1.12. The van der Waals surface area contributed by atoms with Gasteiger partial charge in [0.1, 0.15) is 5.65 Å². The first-order valence-electron chi connectivity index (χ1n) is 9.33. The first-order valence-corrected chi connectivity index (χ1v) is 9.71. The second kappa shape index (κ2) is 7.18. The highest BCUT2D eigenvalue weighted by atomic mass is 35.5. The van der Waals surface area contributed by atoms with Crippen molar-refractivity contribution in [2.24, 2.45) is 0 Å². The first-order chi connectivity index (χ1) is 14.6. The van der Waals surface area contributed by atoms with Crippen LogP contribution in [0.15, 0.2) is 65.6 Å². The Morgan fingerprint density at radius 2 is 1.87 bits per heavy atom. The smallest absolute Gasteiger partial charge is 0.250 e. The molecular weight excluding hydrogens is 396 g/mol. The number of aromatic nitrogens is 4. The molecule has 5 aromatic rings.